The van der Waals surface area contributed by atoms with E-state index in [0.29, 0.717) is 12.6 Å². The minimum absolute atomic E-state index is 0. The van der Waals surface area contributed by atoms with Gasteiger partial charge in [0.15, 0.2) is 11.7 Å². The summed E-state index contributed by atoms with van der Waals surface area (Å²) in [6.07, 6.45) is 7.37. The highest BCUT2D eigenvalue weighted by atomic mass is 127. The van der Waals surface area contributed by atoms with Gasteiger partial charge < -0.3 is 15.2 Å². The van der Waals surface area contributed by atoms with Gasteiger partial charge in [0, 0.05) is 19.2 Å². The van der Waals surface area contributed by atoms with Crippen LogP contribution in [0.5, 0.6) is 0 Å². The molecule has 0 radical (unpaired) electrons. The molecular weight excluding hydrogens is 367 g/mol. The molecule has 0 amide bonds. The Hall–Kier alpha value is -0.790. The number of aryl methyl sites for hydroxylation is 1. The van der Waals surface area contributed by atoms with Crippen LogP contribution in [0.3, 0.4) is 0 Å². The first-order chi connectivity index (χ1) is 9.31. The van der Waals surface area contributed by atoms with Crippen LogP contribution < -0.4 is 10.6 Å². The normalized spacial score (nSPS) is 16.6. The third-order valence-electron chi connectivity index (χ3n) is 3.57. The summed E-state index contributed by atoms with van der Waals surface area (Å²) in [5.41, 5.74) is 0.993. The van der Waals surface area contributed by atoms with E-state index in [1.807, 2.05) is 6.07 Å². The van der Waals surface area contributed by atoms with Gasteiger partial charge in [0.1, 0.15) is 0 Å². The predicted octanol–water partition coefficient (Wildman–Crippen LogP) is 2.85. The van der Waals surface area contributed by atoms with Gasteiger partial charge in [-0.1, -0.05) is 31.3 Å². The van der Waals surface area contributed by atoms with E-state index in [4.69, 9.17) is 4.52 Å². The SMILES string of the molecule is CCc1cc(CNC(=NC)NC2CCCCC2)on1.I. The average Bonchev–Trinajstić information content (AvgIpc) is 2.92. The lowest BCUT2D eigenvalue weighted by molar-refractivity contribution is 0.372. The molecule has 5 nitrogen and oxygen atoms in total. The predicted molar refractivity (Wildman–Crippen MR) is 91.5 cm³/mol. The van der Waals surface area contributed by atoms with E-state index in [0.717, 1.165) is 23.8 Å². The minimum Gasteiger partial charge on any atom is -0.359 e. The average molecular weight is 392 g/mol. The largest absolute Gasteiger partial charge is 0.359 e. The Labute approximate surface area is 138 Å². The zero-order chi connectivity index (χ0) is 13.5. The van der Waals surface area contributed by atoms with Crippen molar-refractivity contribution in [3.63, 3.8) is 0 Å². The molecule has 0 aliphatic heterocycles. The van der Waals surface area contributed by atoms with Crippen LogP contribution in [0.1, 0.15) is 50.5 Å². The Morgan fingerprint density at radius 2 is 2.15 bits per heavy atom. The molecular formula is C14H25IN4O. The van der Waals surface area contributed by atoms with Gasteiger partial charge in [-0.05, 0) is 19.3 Å². The maximum Gasteiger partial charge on any atom is 0.191 e. The first-order valence-electron chi connectivity index (χ1n) is 7.23. The van der Waals surface area contributed by atoms with Crippen LogP contribution in [0.25, 0.3) is 0 Å². The smallest absolute Gasteiger partial charge is 0.191 e. The molecule has 1 saturated carbocycles. The van der Waals surface area contributed by atoms with Gasteiger partial charge in [-0.25, -0.2) is 0 Å². The summed E-state index contributed by atoms with van der Waals surface area (Å²) in [5.74, 6) is 1.70. The van der Waals surface area contributed by atoms with Crippen LogP contribution in [0.2, 0.25) is 0 Å². The molecule has 1 heterocycles. The van der Waals surface area contributed by atoms with Crippen molar-refractivity contribution in [3.05, 3.63) is 17.5 Å². The lowest BCUT2D eigenvalue weighted by Crippen LogP contribution is -2.43. The van der Waals surface area contributed by atoms with Crippen molar-refractivity contribution < 1.29 is 4.52 Å². The molecule has 1 aromatic heterocycles. The van der Waals surface area contributed by atoms with Crippen LogP contribution in [0, 0.1) is 0 Å². The van der Waals surface area contributed by atoms with E-state index in [-0.39, 0.29) is 24.0 Å². The van der Waals surface area contributed by atoms with Crippen molar-refractivity contribution in [2.24, 2.45) is 4.99 Å². The third kappa shape index (κ3) is 5.30. The molecule has 1 fully saturated rings. The monoisotopic (exact) mass is 392 g/mol. The van der Waals surface area contributed by atoms with Gasteiger partial charge in [0.25, 0.3) is 0 Å². The zero-order valence-corrected chi connectivity index (χ0v) is 14.6. The maximum atomic E-state index is 5.25. The Balaban J connectivity index is 0.00000200. The number of aromatic nitrogens is 1. The number of nitrogens with one attached hydrogen (secondary N) is 2. The summed E-state index contributed by atoms with van der Waals surface area (Å²) in [4.78, 5) is 4.26. The van der Waals surface area contributed by atoms with Crippen LogP contribution >= 0.6 is 24.0 Å². The summed E-state index contributed by atoms with van der Waals surface area (Å²) in [7, 11) is 1.80. The van der Waals surface area contributed by atoms with Crippen LogP contribution in [0.15, 0.2) is 15.6 Å². The number of nitrogens with zero attached hydrogens (tertiary/aromatic N) is 2. The van der Waals surface area contributed by atoms with Gasteiger partial charge in [-0.3, -0.25) is 4.99 Å². The van der Waals surface area contributed by atoms with E-state index in [1.165, 1.54) is 32.1 Å². The lowest BCUT2D eigenvalue weighted by atomic mass is 9.96. The van der Waals surface area contributed by atoms with E-state index in [1.54, 1.807) is 7.05 Å². The molecule has 0 bridgehead atoms. The Morgan fingerprint density at radius 3 is 2.75 bits per heavy atom. The molecule has 0 atom stereocenters. The first-order valence-corrected chi connectivity index (χ1v) is 7.23. The van der Waals surface area contributed by atoms with Crippen molar-refractivity contribution in [1.82, 2.24) is 15.8 Å². The fourth-order valence-electron chi connectivity index (χ4n) is 2.41. The highest BCUT2D eigenvalue weighted by Gasteiger charge is 2.14. The Bertz CT molecular complexity index is 413. The van der Waals surface area contributed by atoms with Gasteiger partial charge in [-0.15, -0.1) is 24.0 Å². The summed E-state index contributed by atoms with van der Waals surface area (Å²) in [6, 6.07) is 2.54. The molecule has 6 heteroatoms. The zero-order valence-electron chi connectivity index (χ0n) is 12.3. The second kappa shape index (κ2) is 9.20. The molecule has 0 spiro atoms. The van der Waals surface area contributed by atoms with Crippen molar-refractivity contribution in [2.45, 2.75) is 58.0 Å². The number of guanidine groups is 1. The van der Waals surface area contributed by atoms with Crippen LogP contribution in [0.4, 0.5) is 0 Å². The van der Waals surface area contributed by atoms with Crippen molar-refractivity contribution >= 4 is 29.9 Å². The molecule has 1 aliphatic rings. The van der Waals surface area contributed by atoms with E-state index < -0.39 is 0 Å². The number of hydrogen-bond acceptors (Lipinski definition) is 3. The summed E-state index contributed by atoms with van der Waals surface area (Å²) in [6.45, 7) is 2.69. The van der Waals surface area contributed by atoms with Gasteiger partial charge in [0.2, 0.25) is 0 Å². The van der Waals surface area contributed by atoms with Crippen LogP contribution in [-0.4, -0.2) is 24.2 Å². The number of rotatable bonds is 4. The fourth-order valence-corrected chi connectivity index (χ4v) is 2.41. The molecule has 114 valence electrons. The van der Waals surface area contributed by atoms with E-state index in [2.05, 4.69) is 27.7 Å². The van der Waals surface area contributed by atoms with E-state index in [9.17, 15) is 0 Å². The minimum atomic E-state index is 0. The molecule has 2 N–H and O–H groups in total. The van der Waals surface area contributed by atoms with Gasteiger partial charge >= 0.3 is 0 Å². The molecule has 0 aromatic carbocycles. The Kier molecular flexibility index (Phi) is 7.94. The fraction of sp³-hybridized carbons (Fsp3) is 0.714. The van der Waals surface area contributed by atoms with Crippen molar-refractivity contribution in [1.29, 1.82) is 0 Å². The van der Waals surface area contributed by atoms with E-state index >= 15 is 0 Å². The highest BCUT2D eigenvalue weighted by Crippen LogP contribution is 2.17. The maximum absolute atomic E-state index is 5.25. The first kappa shape index (κ1) is 17.3. The van der Waals surface area contributed by atoms with Crippen molar-refractivity contribution in [3.8, 4) is 0 Å². The van der Waals surface area contributed by atoms with Gasteiger partial charge in [-0.2, -0.15) is 0 Å². The quantitative estimate of drug-likeness (QED) is 0.470. The summed E-state index contributed by atoms with van der Waals surface area (Å²) < 4.78 is 5.25. The number of halogens is 1. The molecule has 1 aromatic rings. The molecule has 20 heavy (non-hydrogen) atoms. The second-order valence-electron chi connectivity index (χ2n) is 5.04. The summed E-state index contributed by atoms with van der Waals surface area (Å²) in [5, 5.41) is 10.7. The topological polar surface area (TPSA) is 62.5 Å². The number of hydrogen-bond donors (Lipinski definition) is 2. The molecule has 1 aliphatic carbocycles. The second-order valence-corrected chi connectivity index (χ2v) is 5.04. The molecule has 0 saturated heterocycles. The van der Waals surface area contributed by atoms with Gasteiger partial charge in [0.05, 0.1) is 12.2 Å². The highest BCUT2D eigenvalue weighted by molar-refractivity contribution is 14.0. The molecule has 0 unspecified atom stereocenters. The molecule has 2 rings (SSSR count). The number of aliphatic imine (C=N–C) groups is 1. The lowest BCUT2D eigenvalue weighted by Gasteiger charge is -2.24. The third-order valence-corrected chi connectivity index (χ3v) is 3.57. The van der Waals surface area contributed by atoms with Crippen molar-refractivity contribution in [2.75, 3.05) is 7.05 Å². The van der Waals surface area contributed by atoms with Crippen LogP contribution in [-0.2, 0) is 13.0 Å². The summed E-state index contributed by atoms with van der Waals surface area (Å²) >= 11 is 0. The Morgan fingerprint density at radius 1 is 1.40 bits per heavy atom. The standard InChI is InChI=1S/C14H24N4O.HI/c1-3-11-9-13(19-18-11)10-16-14(15-2)17-12-7-5-4-6-8-12;/h9,12H,3-8,10H2,1-2H3,(H2,15,16,17);1H.